The molecule has 100 heavy (non-hydrogen) atoms. The van der Waals surface area contributed by atoms with Gasteiger partial charge in [-0.05, 0) is 116 Å². The van der Waals surface area contributed by atoms with Gasteiger partial charge in [0.25, 0.3) is 0 Å². The summed E-state index contributed by atoms with van der Waals surface area (Å²) >= 11 is 14.5. The molecule has 0 spiro atoms. The van der Waals surface area contributed by atoms with Gasteiger partial charge in [-0.15, -0.1) is 0 Å². The van der Waals surface area contributed by atoms with E-state index in [1.807, 2.05) is 24.3 Å². The Labute approximate surface area is 626 Å². The van der Waals surface area contributed by atoms with Crippen LogP contribution in [-0.2, 0) is 22.3 Å². The van der Waals surface area contributed by atoms with Crippen LogP contribution in [0.25, 0.3) is 0 Å². The van der Waals surface area contributed by atoms with Crippen molar-refractivity contribution in [2.75, 3.05) is 36.9 Å². The van der Waals surface area contributed by atoms with Gasteiger partial charge in [0.2, 0.25) is 0 Å². The topological polar surface area (TPSA) is 209 Å². The number of phenols is 2. The van der Waals surface area contributed by atoms with Crippen molar-refractivity contribution in [2.45, 2.75) is 219 Å². The zero-order chi connectivity index (χ0) is 71.2. The van der Waals surface area contributed by atoms with Gasteiger partial charge in [-0.25, -0.2) is 9.59 Å². The molecule has 0 saturated carbocycles. The van der Waals surface area contributed by atoms with Crippen LogP contribution in [0.2, 0.25) is 0 Å². The minimum atomic E-state index is -0.434. The fraction of sp³-hybridized carbons (Fsp3) is 0.488. The fourth-order valence-electron chi connectivity index (χ4n) is 14.1. The van der Waals surface area contributed by atoms with E-state index in [1.165, 1.54) is 179 Å². The first-order chi connectivity index (χ1) is 48.6. The number of unbranched alkanes of at least 4 members (excludes halogenated alkanes) is 22. The van der Waals surface area contributed by atoms with Gasteiger partial charge in [0.05, 0.1) is 58.2 Å². The van der Waals surface area contributed by atoms with Crippen LogP contribution in [0.3, 0.4) is 0 Å². The van der Waals surface area contributed by atoms with Crippen LogP contribution in [0.5, 0.6) is 11.5 Å². The highest BCUT2D eigenvalue weighted by atomic mass is 79.9. The third-order valence-corrected chi connectivity index (χ3v) is 22.5. The minimum Gasteiger partial charge on any atom is -0.507 e. The second-order valence-corrected chi connectivity index (χ2v) is 30.5. The molecule has 14 nitrogen and oxygen atoms in total. The number of fused-ring (bicyclic) bond motifs is 4. The van der Waals surface area contributed by atoms with Crippen molar-refractivity contribution in [1.82, 2.24) is 10.6 Å². The first-order valence-corrected chi connectivity index (χ1v) is 40.2. The monoisotopic (exact) mass is 1620 g/mol. The summed E-state index contributed by atoms with van der Waals surface area (Å²) in [7, 11) is 0. The van der Waals surface area contributed by atoms with Crippen molar-refractivity contribution in [3.63, 3.8) is 0 Å². The number of hydrogen-bond donors (Lipinski definition) is 6. The SMILES string of the molecule is CCCCCCC(CCCCCCCCCCCNC(=O)OCCc1cc(Nc2ccc(O)c3c2C(=O)c2ccccc2C3=O)c(Br)cc1Br)C(CCCCCC)CCCCCCCCCCCNC(=O)OCCc1cc(Nc2ccc(O)c3c2C(=O)c2ccccc2C3=O)c(Br)cc1Br. The molecule has 2 aliphatic carbocycles. The average molecular weight is 1620 g/mol. The van der Waals surface area contributed by atoms with Crippen LogP contribution < -0.4 is 21.3 Å². The third kappa shape index (κ3) is 23.3. The molecule has 2 atom stereocenters. The molecule has 2 unspecified atom stereocenters. The zero-order valence-electron chi connectivity index (χ0n) is 58.5. The van der Waals surface area contributed by atoms with E-state index in [-0.39, 0.29) is 69.7 Å². The molecular formula is C82H102Br4N4O10. The minimum absolute atomic E-state index is 0.0185. The molecule has 0 bridgehead atoms. The Morgan fingerprint density at radius 1 is 0.370 bits per heavy atom. The fourth-order valence-corrected chi connectivity index (χ4v) is 16.7. The van der Waals surface area contributed by atoms with E-state index in [2.05, 4.69) is 98.8 Å². The van der Waals surface area contributed by atoms with Crippen molar-refractivity contribution in [3.05, 3.63) is 171 Å². The van der Waals surface area contributed by atoms with E-state index in [1.54, 1.807) is 60.7 Å². The number of amides is 2. The molecule has 0 heterocycles. The zero-order valence-corrected chi connectivity index (χ0v) is 64.9. The second kappa shape index (κ2) is 42.3. The van der Waals surface area contributed by atoms with Crippen molar-refractivity contribution in [2.24, 2.45) is 11.8 Å². The van der Waals surface area contributed by atoms with E-state index >= 15 is 0 Å². The normalized spacial score (nSPS) is 12.9. The van der Waals surface area contributed by atoms with Gasteiger partial charge in [-0.2, -0.15) is 0 Å². The Hall–Kier alpha value is -6.34. The third-order valence-electron chi connectivity index (χ3n) is 19.7. The summed E-state index contributed by atoms with van der Waals surface area (Å²) in [6.07, 6.45) is 38.2. The van der Waals surface area contributed by atoms with Gasteiger partial charge >= 0.3 is 12.2 Å². The van der Waals surface area contributed by atoms with Gasteiger partial charge in [0, 0.05) is 66.1 Å². The van der Waals surface area contributed by atoms with Crippen molar-refractivity contribution < 1.29 is 48.5 Å². The van der Waals surface area contributed by atoms with E-state index in [9.17, 15) is 39.0 Å². The smallest absolute Gasteiger partial charge is 0.407 e. The molecule has 18 heteroatoms. The maximum absolute atomic E-state index is 13.7. The molecule has 0 aliphatic heterocycles. The predicted octanol–water partition coefficient (Wildman–Crippen LogP) is 23.4. The number of carbonyl (C=O) groups is 6. The summed E-state index contributed by atoms with van der Waals surface area (Å²) in [6.45, 7) is 6.13. The Morgan fingerprint density at radius 2 is 0.670 bits per heavy atom. The lowest BCUT2D eigenvalue weighted by Crippen LogP contribution is -2.26. The number of phenolic OH excluding ortho intramolecular Hbond substituents is 2. The molecule has 0 aromatic heterocycles. The van der Waals surface area contributed by atoms with E-state index in [0.29, 0.717) is 68.8 Å². The Kier molecular flexibility index (Phi) is 33.6. The number of halogens is 4. The maximum atomic E-state index is 13.7. The van der Waals surface area contributed by atoms with Gasteiger partial charge in [0.15, 0.2) is 23.1 Å². The lowest BCUT2D eigenvalue weighted by atomic mass is 9.78. The standard InChI is InChI=1S/C82H102Br4N4O10/c1-3-5-7-23-33-55(35-25-19-15-11-9-13-17-21-31-47-87-81(97)99-49-45-57-51-69(65(85)53-63(57)83)89-67-41-43-71(91)75-73(67)77(93)59-37-27-29-39-61(59)79(75)95)56(34-24-8-6-4-2)36-26-20-16-12-10-14-18-22-32-48-88-82(98)100-50-46-58-52-70(66(86)54-64(58)84)90-68-42-44-72(92)76-74(68)78(94)60-38-28-30-40-62(60)80(76)96/h27-30,37-44,51-56,89-92H,3-26,31-36,45-50H2,1-2H3,(H,87,97)(H,88,98). The highest BCUT2D eigenvalue weighted by Gasteiger charge is 2.36. The number of rotatable bonds is 45. The van der Waals surface area contributed by atoms with Gasteiger partial charge in [0.1, 0.15) is 11.5 Å². The Balaban J connectivity index is 0.643. The van der Waals surface area contributed by atoms with Crippen LogP contribution in [0, 0.1) is 11.8 Å². The first-order valence-electron chi connectivity index (χ1n) is 37.0. The number of benzene rings is 6. The van der Waals surface area contributed by atoms with Gasteiger partial charge < -0.3 is 41.0 Å². The van der Waals surface area contributed by atoms with E-state index in [4.69, 9.17) is 9.47 Å². The van der Waals surface area contributed by atoms with Crippen molar-refractivity contribution in [3.8, 4) is 11.5 Å². The molecule has 0 saturated heterocycles. The number of alkyl carbamates (subject to hydrolysis) is 2. The van der Waals surface area contributed by atoms with E-state index < -0.39 is 23.8 Å². The Morgan fingerprint density at radius 3 is 1.00 bits per heavy atom. The second-order valence-electron chi connectivity index (χ2n) is 27.1. The highest BCUT2D eigenvalue weighted by molar-refractivity contribution is 9.11. The highest BCUT2D eigenvalue weighted by Crippen LogP contribution is 2.43. The lowest BCUT2D eigenvalue weighted by molar-refractivity contribution is 0.0977. The number of hydrogen-bond acceptors (Lipinski definition) is 12. The summed E-state index contributed by atoms with van der Waals surface area (Å²) in [4.78, 5) is 79.4. The molecule has 8 rings (SSSR count). The number of nitrogens with one attached hydrogen (secondary N) is 4. The van der Waals surface area contributed by atoms with Crippen LogP contribution in [-0.4, -0.2) is 71.8 Å². The number of ether oxygens (including phenoxy) is 2. The molecule has 2 amide bonds. The predicted molar refractivity (Wildman–Crippen MR) is 416 cm³/mol. The average Bonchev–Trinajstić information content (AvgIpc) is 0.751. The summed E-state index contributed by atoms with van der Waals surface area (Å²) in [5.74, 6) is -0.274. The number of carbonyl (C=O) groups excluding carboxylic acids is 6. The molecule has 0 fully saturated rings. The summed E-state index contributed by atoms with van der Waals surface area (Å²) in [5, 5.41) is 33.8. The van der Waals surface area contributed by atoms with Crippen molar-refractivity contribution >= 4 is 122 Å². The lowest BCUT2D eigenvalue weighted by Gasteiger charge is -2.28. The number of ketones is 4. The molecule has 2 aliphatic rings. The van der Waals surface area contributed by atoms with E-state index in [0.717, 1.165) is 57.6 Å². The van der Waals surface area contributed by atoms with Crippen LogP contribution in [0.4, 0.5) is 32.3 Å². The van der Waals surface area contributed by atoms with Crippen LogP contribution in [0.15, 0.2) is 115 Å². The molecule has 0 radical (unpaired) electrons. The molecular weight excluding hydrogens is 1520 g/mol. The summed E-state index contributed by atoms with van der Waals surface area (Å²) in [5.41, 5.74) is 5.17. The summed E-state index contributed by atoms with van der Waals surface area (Å²) < 4.78 is 14.2. The van der Waals surface area contributed by atoms with Crippen LogP contribution in [0.1, 0.15) is 281 Å². The molecule has 6 aromatic carbocycles. The molecule has 538 valence electrons. The molecule has 6 aromatic rings. The number of aromatic hydroxyl groups is 2. The first kappa shape index (κ1) is 79.4. The molecule has 6 N–H and O–H groups in total. The summed E-state index contributed by atoms with van der Waals surface area (Å²) in [6, 6.07) is 26.9. The van der Waals surface area contributed by atoms with Crippen molar-refractivity contribution in [1.29, 1.82) is 0 Å². The number of anilines is 4. The quantitative estimate of drug-likeness (QED) is 0.0156. The van der Waals surface area contributed by atoms with Gasteiger partial charge in [-0.1, -0.05) is 274 Å². The van der Waals surface area contributed by atoms with Gasteiger partial charge in [-0.3, -0.25) is 19.2 Å². The van der Waals surface area contributed by atoms with Crippen LogP contribution >= 0.6 is 63.7 Å². The Bertz CT molecular complexity index is 3490. The largest absolute Gasteiger partial charge is 0.507 e. The maximum Gasteiger partial charge on any atom is 0.407 e.